The van der Waals surface area contributed by atoms with Gasteiger partial charge in [0.1, 0.15) is 6.04 Å². The Bertz CT molecular complexity index is 989. The van der Waals surface area contributed by atoms with Crippen LogP contribution in [0.15, 0.2) is 48.5 Å². The highest BCUT2D eigenvalue weighted by Gasteiger charge is 2.29. The number of nitrogens with one attached hydrogen (secondary N) is 1. The summed E-state index contributed by atoms with van der Waals surface area (Å²) in [5.74, 6) is -0.354. The summed E-state index contributed by atoms with van der Waals surface area (Å²) in [7, 11) is -3.66. The predicted octanol–water partition coefficient (Wildman–Crippen LogP) is 3.80. The number of benzene rings is 2. The Morgan fingerprint density at radius 3 is 2.29 bits per heavy atom. The molecule has 2 aromatic rings. The lowest BCUT2D eigenvalue weighted by Crippen LogP contribution is -2.47. The monoisotopic (exact) mass is 463 g/mol. The fourth-order valence-electron chi connectivity index (χ4n) is 3.97. The molecule has 1 unspecified atom stereocenters. The topological polar surface area (TPSA) is 69.7 Å². The minimum absolute atomic E-state index is 0.353. The number of rotatable bonds is 8. The van der Waals surface area contributed by atoms with E-state index in [-0.39, 0.29) is 5.91 Å². The molecule has 6 nitrogen and oxygen atoms in total. The van der Waals surface area contributed by atoms with E-state index in [1.807, 2.05) is 18.2 Å². The highest BCUT2D eigenvalue weighted by atomic mass is 35.5. The number of anilines is 1. The van der Waals surface area contributed by atoms with Gasteiger partial charge in [-0.15, -0.1) is 0 Å². The number of sulfonamides is 1. The molecule has 31 heavy (non-hydrogen) atoms. The lowest BCUT2D eigenvalue weighted by atomic mass is 10.0. The lowest BCUT2D eigenvalue weighted by Gasteiger charge is -2.29. The predicted molar refractivity (Wildman–Crippen MR) is 126 cm³/mol. The molecule has 0 bridgehead atoms. The third kappa shape index (κ3) is 6.45. The Labute approximate surface area is 190 Å². The summed E-state index contributed by atoms with van der Waals surface area (Å²) in [5.41, 5.74) is 2.64. The lowest BCUT2D eigenvalue weighted by molar-refractivity contribution is -0.122. The van der Waals surface area contributed by atoms with Gasteiger partial charge in [0.25, 0.3) is 0 Å². The van der Waals surface area contributed by atoms with Gasteiger partial charge in [-0.05, 0) is 68.2 Å². The molecule has 168 valence electrons. The molecule has 1 N–H and O–H groups in total. The van der Waals surface area contributed by atoms with Crippen LogP contribution in [0.3, 0.4) is 0 Å². The number of likely N-dealkylation sites (tertiary alicyclic amines) is 1. The second kappa shape index (κ2) is 10.5. The first-order valence-electron chi connectivity index (χ1n) is 10.6. The number of halogens is 1. The number of amides is 1. The number of carbonyl (C=O) groups is 1. The van der Waals surface area contributed by atoms with Crippen LogP contribution in [0.25, 0.3) is 0 Å². The molecule has 0 saturated carbocycles. The van der Waals surface area contributed by atoms with Crippen molar-refractivity contribution in [3.63, 3.8) is 0 Å². The zero-order valence-corrected chi connectivity index (χ0v) is 19.6. The van der Waals surface area contributed by atoms with Gasteiger partial charge >= 0.3 is 0 Å². The smallest absolute Gasteiger partial charge is 0.243 e. The Hall–Kier alpha value is -2.09. The summed E-state index contributed by atoms with van der Waals surface area (Å²) < 4.78 is 26.0. The molecule has 1 aliphatic heterocycles. The quantitative estimate of drug-likeness (QED) is 0.646. The van der Waals surface area contributed by atoms with Crippen LogP contribution in [0, 0.1) is 0 Å². The summed E-state index contributed by atoms with van der Waals surface area (Å²) >= 11 is 5.92. The number of piperidine rings is 1. The molecule has 1 heterocycles. The van der Waals surface area contributed by atoms with Crippen LogP contribution in [0.2, 0.25) is 5.02 Å². The molecule has 0 spiro atoms. The van der Waals surface area contributed by atoms with Gasteiger partial charge in [-0.25, -0.2) is 8.42 Å². The van der Waals surface area contributed by atoms with Crippen molar-refractivity contribution in [2.75, 3.05) is 23.7 Å². The van der Waals surface area contributed by atoms with Gasteiger partial charge in [0.2, 0.25) is 15.9 Å². The van der Waals surface area contributed by atoms with Crippen molar-refractivity contribution >= 4 is 33.2 Å². The molecule has 0 radical (unpaired) electrons. The highest BCUT2D eigenvalue weighted by molar-refractivity contribution is 7.92. The Morgan fingerprint density at radius 2 is 1.68 bits per heavy atom. The van der Waals surface area contributed by atoms with Crippen LogP contribution in [-0.2, 0) is 27.9 Å². The fraction of sp³-hybridized carbons (Fsp3) is 0.435. The summed E-state index contributed by atoms with van der Waals surface area (Å²) in [6.07, 6.45) is 4.83. The van der Waals surface area contributed by atoms with Crippen LogP contribution in [0.1, 0.15) is 37.3 Å². The molecule has 1 saturated heterocycles. The first-order chi connectivity index (χ1) is 14.8. The number of hydrogen-bond acceptors (Lipinski definition) is 4. The van der Waals surface area contributed by atoms with E-state index in [0.29, 0.717) is 17.3 Å². The summed E-state index contributed by atoms with van der Waals surface area (Å²) in [4.78, 5) is 15.3. The van der Waals surface area contributed by atoms with E-state index >= 15 is 0 Å². The molecular formula is C23H30ClN3O3S. The van der Waals surface area contributed by atoms with Crippen molar-refractivity contribution in [1.82, 2.24) is 10.2 Å². The molecule has 3 rings (SSSR count). The van der Waals surface area contributed by atoms with Crippen molar-refractivity contribution in [1.29, 1.82) is 0 Å². The number of nitrogens with zero attached hydrogens (tertiary/aromatic N) is 2. The first kappa shape index (κ1) is 23.6. The van der Waals surface area contributed by atoms with E-state index in [4.69, 9.17) is 11.6 Å². The van der Waals surface area contributed by atoms with Crippen LogP contribution in [0.5, 0.6) is 0 Å². The van der Waals surface area contributed by atoms with Crippen molar-refractivity contribution in [3.8, 4) is 0 Å². The number of hydrogen-bond donors (Lipinski definition) is 1. The largest absolute Gasteiger partial charge is 0.350 e. The van der Waals surface area contributed by atoms with E-state index in [0.717, 1.165) is 35.8 Å². The van der Waals surface area contributed by atoms with Gasteiger partial charge in [-0.3, -0.25) is 14.0 Å². The minimum Gasteiger partial charge on any atom is -0.350 e. The van der Waals surface area contributed by atoms with Gasteiger partial charge in [0, 0.05) is 18.1 Å². The van der Waals surface area contributed by atoms with Gasteiger partial charge in [0.05, 0.1) is 11.9 Å². The van der Waals surface area contributed by atoms with Crippen molar-refractivity contribution in [2.24, 2.45) is 0 Å². The molecular weight excluding hydrogens is 434 g/mol. The summed E-state index contributed by atoms with van der Waals surface area (Å²) in [6, 6.07) is 13.6. The third-order valence-electron chi connectivity index (χ3n) is 5.58. The molecule has 1 aliphatic rings. The highest BCUT2D eigenvalue weighted by Crippen LogP contribution is 2.23. The molecule has 1 amide bonds. The Balaban J connectivity index is 1.70. The van der Waals surface area contributed by atoms with Gasteiger partial charge in [0.15, 0.2) is 0 Å². The van der Waals surface area contributed by atoms with Crippen molar-refractivity contribution in [3.05, 3.63) is 64.7 Å². The average molecular weight is 464 g/mol. The zero-order valence-electron chi connectivity index (χ0n) is 18.1. The maximum Gasteiger partial charge on any atom is 0.243 e. The van der Waals surface area contributed by atoms with Crippen molar-refractivity contribution < 1.29 is 13.2 Å². The molecule has 1 fully saturated rings. The van der Waals surface area contributed by atoms with E-state index in [9.17, 15) is 13.2 Å². The maximum atomic E-state index is 12.9. The molecule has 0 aliphatic carbocycles. The minimum atomic E-state index is -3.66. The third-order valence-corrected chi connectivity index (χ3v) is 7.08. The molecule has 0 aromatic heterocycles. The second-order valence-corrected chi connectivity index (χ2v) is 10.3. The zero-order chi connectivity index (χ0) is 22.4. The maximum absolute atomic E-state index is 12.9. The Kier molecular flexibility index (Phi) is 7.97. The van der Waals surface area contributed by atoms with E-state index in [1.54, 1.807) is 31.2 Å². The average Bonchev–Trinajstić information content (AvgIpc) is 2.74. The van der Waals surface area contributed by atoms with Gasteiger partial charge in [-0.1, -0.05) is 42.3 Å². The first-order valence-corrected chi connectivity index (χ1v) is 12.8. The van der Waals surface area contributed by atoms with Crippen LogP contribution in [-0.4, -0.2) is 44.6 Å². The SMILES string of the molecule is CC(C(=O)NCc1ccccc1CN1CCCCC1)N(c1ccc(Cl)cc1)S(C)(=O)=O. The van der Waals surface area contributed by atoms with E-state index < -0.39 is 16.1 Å². The molecule has 8 heteroatoms. The molecule has 2 aromatic carbocycles. The Morgan fingerprint density at radius 1 is 1.06 bits per heavy atom. The second-order valence-electron chi connectivity index (χ2n) is 8.03. The fourth-order valence-corrected chi connectivity index (χ4v) is 5.27. The van der Waals surface area contributed by atoms with Crippen molar-refractivity contribution in [2.45, 2.75) is 45.3 Å². The van der Waals surface area contributed by atoms with Crippen LogP contribution in [0.4, 0.5) is 5.69 Å². The number of carbonyl (C=O) groups excluding carboxylic acids is 1. The molecule has 1 atom stereocenters. The summed E-state index contributed by atoms with van der Waals surface area (Å²) in [5, 5.41) is 3.42. The van der Waals surface area contributed by atoms with Crippen LogP contribution < -0.4 is 9.62 Å². The van der Waals surface area contributed by atoms with E-state index in [1.165, 1.54) is 24.8 Å². The van der Waals surface area contributed by atoms with E-state index in [2.05, 4.69) is 16.3 Å². The summed E-state index contributed by atoms with van der Waals surface area (Å²) in [6.45, 7) is 5.00. The standard InChI is InChI=1S/C23H30ClN3O3S/c1-18(27(31(2,29)30)22-12-10-21(24)11-13-22)23(28)25-16-19-8-4-5-9-20(19)17-26-14-6-3-7-15-26/h4-5,8-13,18H,3,6-7,14-17H2,1-2H3,(H,25,28). The van der Waals surface area contributed by atoms with Gasteiger partial charge < -0.3 is 5.32 Å². The normalized spacial score (nSPS) is 16.0. The van der Waals surface area contributed by atoms with Gasteiger partial charge in [-0.2, -0.15) is 0 Å². The van der Waals surface area contributed by atoms with Crippen LogP contribution >= 0.6 is 11.6 Å².